The third-order valence-corrected chi connectivity index (χ3v) is 4.15. The van der Waals surface area contributed by atoms with E-state index in [1.165, 1.54) is 25.7 Å². The van der Waals surface area contributed by atoms with Crippen LogP contribution >= 0.6 is 0 Å². The highest BCUT2D eigenvalue weighted by molar-refractivity contribution is 5.81. The van der Waals surface area contributed by atoms with Gasteiger partial charge in [-0.3, -0.25) is 9.79 Å². The first-order valence-corrected chi connectivity index (χ1v) is 7.17. The number of amides is 1. The molecule has 0 unspecified atom stereocenters. The largest absolute Gasteiger partial charge is 0.356 e. The average molecular weight is 268 g/mol. The molecular formula is C14H28N4O. The number of rotatable bonds is 6. The summed E-state index contributed by atoms with van der Waals surface area (Å²) in [7, 11) is 5.32. The lowest BCUT2D eigenvalue weighted by Crippen LogP contribution is -2.46. The zero-order valence-electron chi connectivity index (χ0n) is 12.8. The second kappa shape index (κ2) is 7.36. The zero-order chi connectivity index (χ0) is 14.3. The van der Waals surface area contributed by atoms with Gasteiger partial charge in [0.05, 0.1) is 0 Å². The van der Waals surface area contributed by atoms with Crippen LogP contribution in [0, 0.1) is 5.41 Å². The van der Waals surface area contributed by atoms with Crippen LogP contribution in [0.4, 0.5) is 0 Å². The summed E-state index contributed by atoms with van der Waals surface area (Å²) >= 11 is 0. The molecule has 0 bridgehead atoms. The predicted octanol–water partition coefficient (Wildman–Crippen LogP) is 1.21. The molecule has 0 aromatic carbocycles. The maximum Gasteiger partial charge on any atom is 0.223 e. The normalized spacial score (nSPS) is 17.6. The van der Waals surface area contributed by atoms with Crippen LogP contribution in [-0.4, -0.2) is 51.0 Å². The summed E-state index contributed by atoms with van der Waals surface area (Å²) in [6.45, 7) is 3.85. The SMILES string of the molecule is CCC1(CNC(=NC)NCCC(=O)N(C)C)CCC1. The maximum atomic E-state index is 11.5. The van der Waals surface area contributed by atoms with Gasteiger partial charge in [-0.15, -0.1) is 0 Å². The minimum absolute atomic E-state index is 0.131. The molecule has 1 aliphatic carbocycles. The maximum absolute atomic E-state index is 11.5. The summed E-state index contributed by atoms with van der Waals surface area (Å²) in [5.74, 6) is 0.929. The lowest BCUT2D eigenvalue weighted by molar-refractivity contribution is -0.128. The number of carbonyl (C=O) groups is 1. The van der Waals surface area contributed by atoms with Crippen LogP contribution in [0.1, 0.15) is 39.0 Å². The van der Waals surface area contributed by atoms with Gasteiger partial charge >= 0.3 is 0 Å². The van der Waals surface area contributed by atoms with Gasteiger partial charge in [0.2, 0.25) is 5.91 Å². The average Bonchev–Trinajstić information content (AvgIpc) is 2.35. The van der Waals surface area contributed by atoms with Crippen molar-refractivity contribution < 1.29 is 4.79 Å². The summed E-state index contributed by atoms with van der Waals surface area (Å²) in [5, 5.41) is 6.57. The van der Waals surface area contributed by atoms with Crippen LogP contribution in [-0.2, 0) is 4.79 Å². The summed E-state index contributed by atoms with van der Waals surface area (Å²) < 4.78 is 0. The molecular weight excluding hydrogens is 240 g/mol. The van der Waals surface area contributed by atoms with Crippen LogP contribution in [0.5, 0.6) is 0 Å². The Kier molecular flexibility index (Phi) is 6.12. The summed E-state index contributed by atoms with van der Waals surface area (Å²) in [5.41, 5.74) is 0.469. The van der Waals surface area contributed by atoms with E-state index < -0.39 is 0 Å². The molecule has 0 aromatic heterocycles. The Balaban J connectivity index is 2.25. The van der Waals surface area contributed by atoms with Crippen molar-refractivity contribution in [3.63, 3.8) is 0 Å². The van der Waals surface area contributed by atoms with Crippen LogP contribution in [0.2, 0.25) is 0 Å². The minimum Gasteiger partial charge on any atom is -0.356 e. The quantitative estimate of drug-likeness (QED) is 0.562. The van der Waals surface area contributed by atoms with Crippen molar-refractivity contribution in [3.8, 4) is 0 Å². The fourth-order valence-electron chi connectivity index (χ4n) is 2.34. The van der Waals surface area contributed by atoms with E-state index >= 15 is 0 Å². The van der Waals surface area contributed by atoms with Crippen molar-refractivity contribution in [1.82, 2.24) is 15.5 Å². The summed E-state index contributed by atoms with van der Waals surface area (Å²) in [6.07, 6.45) is 5.68. The van der Waals surface area contributed by atoms with E-state index in [9.17, 15) is 4.79 Å². The van der Waals surface area contributed by atoms with Crippen molar-refractivity contribution in [1.29, 1.82) is 0 Å². The number of aliphatic imine (C=N–C) groups is 1. The molecule has 1 amide bonds. The van der Waals surface area contributed by atoms with Crippen molar-refractivity contribution in [2.75, 3.05) is 34.2 Å². The molecule has 1 saturated carbocycles. The molecule has 5 heteroatoms. The van der Waals surface area contributed by atoms with Crippen molar-refractivity contribution in [2.24, 2.45) is 10.4 Å². The lowest BCUT2D eigenvalue weighted by atomic mass is 9.67. The molecule has 0 saturated heterocycles. The fourth-order valence-corrected chi connectivity index (χ4v) is 2.34. The van der Waals surface area contributed by atoms with Gasteiger partial charge in [-0.25, -0.2) is 0 Å². The van der Waals surface area contributed by atoms with Crippen LogP contribution < -0.4 is 10.6 Å². The Hall–Kier alpha value is -1.26. The van der Waals surface area contributed by atoms with E-state index in [1.54, 1.807) is 26.0 Å². The second-order valence-corrected chi connectivity index (χ2v) is 5.60. The highest BCUT2D eigenvalue weighted by atomic mass is 16.2. The number of guanidine groups is 1. The molecule has 1 aliphatic rings. The van der Waals surface area contributed by atoms with Crippen LogP contribution in [0.3, 0.4) is 0 Å². The number of hydrogen-bond acceptors (Lipinski definition) is 2. The molecule has 2 N–H and O–H groups in total. The molecule has 5 nitrogen and oxygen atoms in total. The fraction of sp³-hybridized carbons (Fsp3) is 0.857. The molecule has 0 heterocycles. The van der Waals surface area contributed by atoms with Crippen LogP contribution in [0.25, 0.3) is 0 Å². The number of carbonyl (C=O) groups excluding carboxylic acids is 1. The van der Waals surface area contributed by atoms with Crippen molar-refractivity contribution >= 4 is 11.9 Å². The third kappa shape index (κ3) is 4.73. The van der Waals surface area contributed by atoms with Gasteiger partial charge in [0.1, 0.15) is 0 Å². The molecule has 1 fully saturated rings. The van der Waals surface area contributed by atoms with E-state index in [-0.39, 0.29) is 5.91 Å². The Morgan fingerprint density at radius 2 is 2.00 bits per heavy atom. The Morgan fingerprint density at radius 3 is 2.42 bits per heavy atom. The van der Waals surface area contributed by atoms with E-state index in [1.807, 2.05) is 0 Å². The summed E-state index contributed by atoms with van der Waals surface area (Å²) in [6, 6.07) is 0. The molecule has 0 spiro atoms. The first-order valence-electron chi connectivity index (χ1n) is 7.17. The monoisotopic (exact) mass is 268 g/mol. The third-order valence-electron chi connectivity index (χ3n) is 4.15. The van der Waals surface area contributed by atoms with Gasteiger partial charge in [0, 0.05) is 40.7 Å². The Morgan fingerprint density at radius 1 is 1.32 bits per heavy atom. The highest BCUT2D eigenvalue weighted by Gasteiger charge is 2.34. The number of hydrogen-bond donors (Lipinski definition) is 2. The van der Waals surface area contributed by atoms with Gasteiger partial charge in [-0.2, -0.15) is 0 Å². The number of nitrogens with zero attached hydrogens (tertiary/aromatic N) is 2. The summed E-state index contributed by atoms with van der Waals surface area (Å²) in [4.78, 5) is 17.3. The van der Waals surface area contributed by atoms with E-state index in [2.05, 4.69) is 22.5 Å². The molecule has 19 heavy (non-hydrogen) atoms. The molecule has 0 atom stereocenters. The molecule has 0 aliphatic heterocycles. The standard InChI is InChI=1S/C14H28N4O/c1-5-14(8-6-9-14)11-17-13(15-2)16-10-7-12(19)18(3)4/h5-11H2,1-4H3,(H2,15,16,17). The van der Waals surface area contributed by atoms with Crippen molar-refractivity contribution in [2.45, 2.75) is 39.0 Å². The lowest BCUT2D eigenvalue weighted by Gasteiger charge is -2.41. The van der Waals surface area contributed by atoms with Gasteiger partial charge in [-0.1, -0.05) is 13.3 Å². The molecule has 1 rings (SSSR count). The first kappa shape index (κ1) is 15.8. The number of nitrogens with one attached hydrogen (secondary N) is 2. The van der Waals surface area contributed by atoms with Gasteiger partial charge in [0.15, 0.2) is 5.96 Å². The van der Waals surface area contributed by atoms with Gasteiger partial charge in [0.25, 0.3) is 0 Å². The Labute approximate surface area is 116 Å². The topological polar surface area (TPSA) is 56.7 Å². The van der Waals surface area contributed by atoms with Crippen molar-refractivity contribution in [3.05, 3.63) is 0 Å². The van der Waals surface area contributed by atoms with E-state index in [4.69, 9.17) is 0 Å². The predicted molar refractivity (Wildman–Crippen MR) is 79.3 cm³/mol. The highest BCUT2D eigenvalue weighted by Crippen LogP contribution is 2.42. The minimum atomic E-state index is 0.131. The van der Waals surface area contributed by atoms with E-state index in [0.29, 0.717) is 18.4 Å². The molecule has 0 radical (unpaired) electrons. The molecule has 0 aromatic rings. The molecule has 110 valence electrons. The van der Waals surface area contributed by atoms with Gasteiger partial charge < -0.3 is 15.5 Å². The first-order chi connectivity index (χ1) is 9.03. The van der Waals surface area contributed by atoms with Gasteiger partial charge in [-0.05, 0) is 24.7 Å². The smallest absolute Gasteiger partial charge is 0.223 e. The van der Waals surface area contributed by atoms with Crippen LogP contribution in [0.15, 0.2) is 4.99 Å². The van der Waals surface area contributed by atoms with E-state index in [0.717, 1.165) is 12.5 Å². The zero-order valence-corrected chi connectivity index (χ0v) is 12.8. The Bertz CT molecular complexity index is 316. The second-order valence-electron chi connectivity index (χ2n) is 5.60.